The molecule has 0 aliphatic carbocycles. The summed E-state index contributed by atoms with van der Waals surface area (Å²) in [5.41, 5.74) is 0. The zero-order valence-corrected chi connectivity index (χ0v) is 8.77. The Kier molecular flexibility index (Phi) is 7.37. The molecule has 0 rings (SSSR count). The number of nitrogens with zero attached hydrogens (tertiary/aromatic N) is 1. The molecule has 0 heterocycles. The second-order valence-corrected chi connectivity index (χ2v) is 3.14. The first-order chi connectivity index (χ1) is 6.60. The van der Waals surface area contributed by atoms with Crippen molar-refractivity contribution in [2.45, 2.75) is 19.4 Å². The van der Waals surface area contributed by atoms with Gasteiger partial charge in [-0.1, -0.05) is 6.92 Å². The number of carboxylic acids is 1. The molecule has 0 fully saturated rings. The topological polar surface area (TPSA) is 70.0 Å². The van der Waals surface area contributed by atoms with E-state index in [0.717, 1.165) is 6.54 Å². The van der Waals surface area contributed by atoms with Crippen molar-refractivity contribution in [1.29, 1.82) is 0 Å². The third-order valence-electron chi connectivity index (χ3n) is 1.94. The van der Waals surface area contributed by atoms with Crippen LogP contribution in [0.25, 0.3) is 0 Å². The second-order valence-electron chi connectivity index (χ2n) is 3.14. The lowest BCUT2D eigenvalue weighted by Crippen LogP contribution is -2.35. The lowest BCUT2D eigenvalue weighted by atomic mass is 10.2. The molecule has 0 saturated carbocycles. The number of hydrogen-bond donors (Lipinski definition) is 2. The summed E-state index contributed by atoms with van der Waals surface area (Å²) in [6.45, 7) is 4.42. The third-order valence-corrected chi connectivity index (χ3v) is 1.94. The Bertz CT molecular complexity index is 163. The molecule has 5 nitrogen and oxygen atoms in total. The van der Waals surface area contributed by atoms with Crippen LogP contribution in [0.5, 0.6) is 0 Å². The van der Waals surface area contributed by atoms with Gasteiger partial charge in [0.1, 0.15) is 0 Å². The largest absolute Gasteiger partial charge is 0.481 e. The highest BCUT2D eigenvalue weighted by Gasteiger charge is 2.13. The summed E-state index contributed by atoms with van der Waals surface area (Å²) in [7, 11) is 1.61. The van der Waals surface area contributed by atoms with E-state index in [1.165, 1.54) is 0 Å². The van der Waals surface area contributed by atoms with Crippen LogP contribution < -0.4 is 0 Å². The van der Waals surface area contributed by atoms with Gasteiger partial charge in [-0.15, -0.1) is 0 Å². The fourth-order valence-corrected chi connectivity index (χ4v) is 1.16. The Balaban J connectivity index is 3.73. The predicted molar refractivity (Wildman–Crippen MR) is 52.2 cm³/mol. The van der Waals surface area contributed by atoms with Gasteiger partial charge in [-0.2, -0.15) is 0 Å². The highest BCUT2D eigenvalue weighted by molar-refractivity contribution is 5.67. The first kappa shape index (κ1) is 13.4. The van der Waals surface area contributed by atoms with Crippen LogP contribution in [0.15, 0.2) is 0 Å². The van der Waals surface area contributed by atoms with Crippen LogP contribution in [0.3, 0.4) is 0 Å². The van der Waals surface area contributed by atoms with E-state index < -0.39 is 12.1 Å². The van der Waals surface area contributed by atoms with Gasteiger partial charge in [0, 0.05) is 20.2 Å². The van der Waals surface area contributed by atoms with E-state index in [1.807, 2.05) is 11.8 Å². The van der Waals surface area contributed by atoms with Gasteiger partial charge in [0.15, 0.2) is 0 Å². The number of aliphatic hydroxyl groups excluding tert-OH is 1. The molecule has 2 N–H and O–H groups in total. The zero-order chi connectivity index (χ0) is 11.0. The summed E-state index contributed by atoms with van der Waals surface area (Å²) >= 11 is 0. The molecule has 0 saturated heterocycles. The number of ether oxygens (including phenoxy) is 1. The van der Waals surface area contributed by atoms with Gasteiger partial charge < -0.3 is 14.9 Å². The van der Waals surface area contributed by atoms with Gasteiger partial charge in [-0.05, 0) is 6.54 Å². The minimum absolute atomic E-state index is 0.205. The number of methoxy groups -OCH3 is 1. The quantitative estimate of drug-likeness (QED) is 0.574. The maximum atomic E-state index is 10.3. The number of carboxylic acid groups (broad SMARTS) is 1. The molecule has 0 bridgehead atoms. The van der Waals surface area contributed by atoms with Crippen LogP contribution in [-0.2, 0) is 9.53 Å². The number of hydrogen-bond acceptors (Lipinski definition) is 4. The third kappa shape index (κ3) is 6.82. The summed E-state index contributed by atoms with van der Waals surface area (Å²) in [6.07, 6.45) is -1.01. The monoisotopic (exact) mass is 205 g/mol. The highest BCUT2D eigenvalue weighted by Crippen LogP contribution is 1.97. The molecule has 1 atom stereocenters. The molecule has 0 radical (unpaired) electrons. The summed E-state index contributed by atoms with van der Waals surface area (Å²) in [5, 5.41) is 17.8. The van der Waals surface area contributed by atoms with E-state index in [4.69, 9.17) is 9.84 Å². The summed E-state index contributed by atoms with van der Waals surface area (Å²) < 4.78 is 4.90. The van der Waals surface area contributed by atoms with Gasteiger partial charge in [-0.25, -0.2) is 0 Å². The average molecular weight is 205 g/mol. The first-order valence-electron chi connectivity index (χ1n) is 4.71. The molecule has 0 aliphatic heterocycles. The molecule has 5 heteroatoms. The Morgan fingerprint density at radius 1 is 1.57 bits per heavy atom. The summed E-state index contributed by atoms with van der Waals surface area (Å²) in [4.78, 5) is 12.2. The fraction of sp³-hybridized carbons (Fsp3) is 0.889. The highest BCUT2D eigenvalue weighted by atomic mass is 16.5. The van der Waals surface area contributed by atoms with E-state index in [1.54, 1.807) is 7.11 Å². The summed E-state index contributed by atoms with van der Waals surface area (Å²) in [5.74, 6) is -0.972. The van der Waals surface area contributed by atoms with Gasteiger partial charge >= 0.3 is 5.97 Å². The molecule has 14 heavy (non-hydrogen) atoms. The smallest absolute Gasteiger partial charge is 0.306 e. The van der Waals surface area contributed by atoms with Gasteiger partial charge in [-0.3, -0.25) is 9.69 Å². The lowest BCUT2D eigenvalue weighted by molar-refractivity contribution is -0.139. The molecule has 0 amide bonds. The van der Waals surface area contributed by atoms with Gasteiger partial charge in [0.2, 0.25) is 0 Å². The molecule has 0 aromatic rings. The molecule has 0 spiro atoms. The number of rotatable bonds is 8. The van der Waals surface area contributed by atoms with Crippen molar-refractivity contribution in [1.82, 2.24) is 4.90 Å². The maximum absolute atomic E-state index is 10.3. The molecule has 0 aromatic carbocycles. The molecule has 0 aromatic heterocycles. The van der Waals surface area contributed by atoms with E-state index in [9.17, 15) is 9.90 Å². The minimum Gasteiger partial charge on any atom is -0.481 e. The molecule has 0 aliphatic rings. The van der Waals surface area contributed by atoms with Crippen LogP contribution in [0.4, 0.5) is 0 Å². The molecule has 1 unspecified atom stereocenters. The van der Waals surface area contributed by atoms with Crippen LogP contribution in [-0.4, -0.2) is 60.5 Å². The van der Waals surface area contributed by atoms with Gasteiger partial charge in [0.25, 0.3) is 0 Å². The van der Waals surface area contributed by atoms with E-state index in [2.05, 4.69) is 0 Å². The van der Waals surface area contributed by atoms with Crippen LogP contribution in [0, 0.1) is 0 Å². The molecular formula is C9H19NO4. The minimum atomic E-state index is -0.972. The SMILES string of the molecule is CCN(CCOC)CC(O)CC(=O)O. The molecule has 84 valence electrons. The Morgan fingerprint density at radius 3 is 2.64 bits per heavy atom. The van der Waals surface area contributed by atoms with E-state index >= 15 is 0 Å². The van der Waals surface area contributed by atoms with Crippen molar-refractivity contribution in [2.24, 2.45) is 0 Å². The van der Waals surface area contributed by atoms with Crippen LogP contribution in [0.1, 0.15) is 13.3 Å². The Morgan fingerprint density at radius 2 is 2.21 bits per heavy atom. The van der Waals surface area contributed by atoms with Crippen molar-refractivity contribution < 1.29 is 19.7 Å². The van der Waals surface area contributed by atoms with Crippen LogP contribution >= 0.6 is 0 Å². The Hall–Kier alpha value is -0.650. The zero-order valence-electron chi connectivity index (χ0n) is 8.77. The van der Waals surface area contributed by atoms with E-state index in [0.29, 0.717) is 19.7 Å². The van der Waals surface area contributed by atoms with Crippen molar-refractivity contribution in [2.75, 3.05) is 33.4 Å². The maximum Gasteiger partial charge on any atom is 0.306 e. The fourth-order valence-electron chi connectivity index (χ4n) is 1.16. The first-order valence-corrected chi connectivity index (χ1v) is 4.71. The van der Waals surface area contributed by atoms with E-state index in [-0.39, 0.29) is 6.42 Å². The normalized spacial score (nSPS) is 13.1. The van der Waals surface area contributed by atoms with Crippen molar-refractivity contribution in [3.8, 4) is 0 Å². The predicted octanol–water partition coefficient (Wildman–Crippen LogP) is -0.210. The number of aliphatic carboxylic acids is 1. The second kappa shape index (κ2) is 7.73. The summed E-state index contributed by atoms with van der Waals surface area (Å²) in [6, 6.07) is 0. The van der Waals surface area contributed by atoms with Crippen molar-refractivity contribution in [3.63, 3.8) is 0 Å². The Labute approximate surface area is 84.3 Å². The number of aliphatic hydroxyl groups is 1. The van der Waals surface area contributed by atoms with Crippen molar-refractivity contribution >= 4 is 5.97 Å². The van der Waals surface area contributed by atoms with Gasteiger partial charge in [0.05, 0.1) is 19.1 Å². The lowest BCUT2D eigenvalue weighted by Gasteiger charge is -2.22. The number of carbonyl (C=O) groups is 1. The average Bonchev–Trinajstić information content (AvgIpc) is 2.10. The van der Waals surface area contributed by atoms with Crippen LogP contribution in [0.2, 0.25) is 0 Å². The molecular weight excluding hydrogens is 186 g/mol. The standard InChI is InChI=1S/C9H19NO4/c1-3-10(4-5-14-2)7-8(11)6-9(12)13/h8,11H,3-7H2,1-2H3,(H,12,13). The van der Waals surface area contributed by atoms with Crippen molar-refractivity contribution in [3.05, 3.63) is 0 Å². The number of likely N-dealkylation sites (N-methyl/N-ethyl adjacent to an activating group) is 1.